The number of ether oxygens (including phenoxy) is 1. The SMILES string of the molecule is CC(Oc1ccc(-c2nc(-c3ccc4c(c3)cc3n4CC[C@@H]3CC(=O)O)no2)cc1C#N)C(F)(F)F. The van der Waals surface area contributed by atoms with Crippen LogP contribution >= 0.6 is 0 Å². The van der Waals surface area contributed by atoms with Gasteiger partial charge in [-0.3, -0.25) is 4.79 Å². The summed E-state index contributed by atoms with van der Waals surface area (Å²) in [4.78, 5) is 15.6. The van der Waals surface area contributed by atoms with Crippen LogP contribution in [0.25, 0.3) is 33.7 Å². The predicted octanol–water partition coefficient (Wildman–Crippen LogP) is 5.52. The second-order valence-corrected chi connectivity index (χ2v) is 8.63. The van der Waals surface area contributed by atoms with Crippen molar-refractivity contribution in [2.75, 3.05) is 0 Å². The molecular formula is C25H19F3N4O4. The molecular weight excluding hydrogens is 477 g/mol. The van der Waals surface area contributed by atoms with Crippen LogP contribution in [0.3, 0.4) is 0 Å². The van der Waals surface area contributed by atoms with Crippen LogP contribution in [-0.2, 0) is 11.3 Å². The van der Waals surface area contributed by atoms with Crippen molar-refractivity contribution in [3.63, 3.8) is 0 Å². The maximum absolute atomic E-state index is 12.8. The number of aromatic nitrogens is 3. The lowest BCUT2D eigenvalue weighted by molar-refractivity contribution is -0.189. The van der Waals surface area contributed by atoms with Crippen molar-refractivity contribution in [1.82, 2.24) is 14.7 Å². The standard InChI is InChI=1S/C25H19F3N4O4/c1-13(25(26,27)28)35-21-5-3-16(9-18(21)12-29)24-30-23(31-36-24)15-2-4-19-17(8-15)10-20-14(11-22(33)34)6-7-32(19)20/h2-5,8-10,13-14H,6-7,11H2,1H3,(H,33,34)/t13?,14-/m1/s1. The number of alkyl halides is 3. The molecule has 4 aromatic rings. The average molecular weight is 496 g/mol. The fourth-order valence-corrected chi connectivity index (χ4v) is 4.44. The van der Waals surface area contributed by atoms with Gasteiger partial charge in [-0.2, -0.15) is 23.4 Å². The van der Waals surface area contributed by atoms with Gasteiger partial charge in [0.15, 0.2) is 6.10 Å². The Labute approximate surface area is 202 Å². The first-order chi connectivity index (χ1) is 17.1. The van der Waals surface area contributed by atoms with Crippen molar-refractivity contribution in [3.05, 3.63) is 53.7 Å². The number of carboxylic acids is 1. The monoisotopic (exact) mass is 496 g/mol. The van der Waals surface area contributed by atoms with Crippen LogP contribution in [0.2, 0.25) is 0 Å². The third kappa shape index (κ3) is 4.26. The van der Waals surface area contributed by atoms with Crippen LogP contribution in [0.5, 0.6) is 5.75 Å². The first kappa shape index (κ1) is 23.4. The molecule has 0 amide bonds. The largest absolute Gasteiger partial charge is 0.481 e. The maximum Gasteiger partial charge on any atom is 0.425 e. The van der Waals surface area contributed by atoms with E-state index in [1.807, 2.05) is 30.3 Å². The van der Waals surface area contributed by atoms with E-state index >= 15 is 0 Å². The summed E-state index contributed by atoms with van der Waals surface area (Å²) in [5, 5.41) is 23.5. The summed E-state index contributed by atoms with van der Waals surface area (Å²) in [6.45, 7) is 1.62. The minimum Gasteiger partial charge on any atom is -0.481 e. The van der Waals surface area contributed by atoms with Gasteiger partial charge in [-0.15, -0.1) is 0 Å². The summed E-state index contributed by atoms with van der Waals surface area (Å²) >= 11 is 0. The highest BCUT2D eigenvalue weighted by molar-refractivity contribution is 5.86. The molecule has 2 atom stereocenters. The molecule has 5 rings (SSSR count). The van der Waals surface area contributed by atoms with Gasteiger partial charge in [0.1, 0.15) is 11.8 Å². The Morgan fingerprint density at radius 1 is 1.28 bits per heavy atom. The molecule has 2 aromatic carbocycles. The molecule has 36 heavy (non-hydrogen) atoms. The molecule has 8 nitrogen and oxygen atoms in total. The smallest absolute Gasteiger partial charge is 0.425 e. The average Bonchev–Trinajstić information content (AvgIpc) is 3.54. The number of rotatable bonds is 6. The topological polar surface area (TPSA) is 114 Å². The summed E-state index contributed by atoms with van der Waals surface area (Å²) in [7, 11) is 0. The zero-order valence-electron chi connectivity index (χ0n) is 18.9. The number of nitriles is 1. The quantitative estimate of drug-likeness (QED) is 0.374. The van der Waals surface area contributed by atoms with Gasteiger partial charge in [0.25, 0.3) is 5.89 Å². The Hall–Kier alpha value is -4.33. The minimum atomic E-state index is -4.56. The number of fused-ring (bicyclic) bond motifs is 3. The van der Waals surface area contributed by atoms with E-state index in [1.165, 1.54) is 18.2 Å². The number of carbonyl (C=O) groups is 1. The lowest BCUT2D eigenvalue weighted by atomic mass is 10.0. The molecule has 0 saturated carbocycles. The number of nitrogens with zero attached hydrogens (tertiary/aromatic N) is 4. The number of hydrogen-bond donors (Lipinski definition) is 1. The van der Waals surface area contributed by atoms with E-state index in [-0.39, 0.29) is 29.5 Å². The van der Waals surface area contributed by atoms with E-state index in [2.05, 4.69) is 14.7 Å². The zero-order valence-corrected chi connectivity index (χ0v) is 18.9. The van der Waals surface area contributed by atoms with Crippen LogP contribution in [0, 0.1) is 11.3 Å². The molecule has 2 aromatic heterocycles. The molecule has 0 radical (unpaired) electrons. The summed E-state index contributed by atoms with van der Waals surface area (Å²) < 4.78 is 50.9. The number of hydrogen-bond acceptors (Lipinski definition) is 6. The Balaban J connectivity index is 1.41. The number of aliphatic carboxylic acids is 1. The summed E-state index contributed by atoms with van der Waals surface area (Å²) in [5.74, 6) is -0.662. The van der Waals surface area contributed by atoms with Crippen LogP contribution in [-0.4, -0.2) is 38.1 Å². The zero-order chi connectivity index (χ0) is 25.6. The van der Waals surface area contributed by atoms with Gasteiger partial charge >= 0.3 is 12.1 Å². The van der Waals surface area contributed by atoms with E-state index in [0.717, 1.165) is 36.5 Å². The number of halogens is 3. The summed E-state index contributed by atoms with van der Waals surface area (Å²) in [5.41, 5.74) is 2.93. The Bertz CT molecular complexity index is 1520. The predicted molar refractivity (Wildman–Crippen MR) is 121 cm³/mol. The van der Waals surface area contributed by atoms with Gasteiger partial charge in [-0.1, -0.05) is 5.16 Å². The van der Waals surface area contributed by atoms with E-state index in [9.17, 15) is 28.3 Å². The molecule has 184 valence electrons. The first-order valence-electron chi connectivity index (χ1n) is 11.1. The number of aryl methyl sites for hydroxylation is 1. The molecule has 1 aliphatic rings. The van der Waals surface area contributed by atoms with Crippen LogP contribution < -0.4 is 4.74 Å². The Morgan fingerprint density at radius 3 is 2.78 bits per heavy atom. The molecule has 3 heterocycles. The number of benzene rings is 2. The van der Waals surface area contributed by atoms with Crippen molar-refractivity contribution in [1.29, 1.82) is 5.26 Å². The maximum atomic E-state index is 12.8. The van der Waals surface area contributed by atoms with Crippen molar-refractivity contribution in [2.24, 2.45) is 0 Å². The fraction of sp³-hybridized carbons (Fsp3) is 0.280. The molecule has 0 spiro atoms. The lowest BCUT2D eigenvalue weighted by Crippen LogP contribution is -2.31. The van der Waals surface area contributed by atoms with E-state index < -0.39 is 18.2 Å². The van der Waals surface area contributed by atoms with Crippen molar-refractivity contribution < 1.29 is 32.3 Å². The molecule has 1 aliphatic heterocycles. The van der Waals surface area contributed by atoms with Gasteiger partial charge in [-0.05, 0) is 55.8 Å². The highest BCUT2D eigenvalue weighted by atomic mass is 19.4. The first-order valence-corrected chi connectivity index (χ1v) is 11.1. The summed E-state index contributed by atoms with van der Waals surface area (Å²) in [6, 6.07) is 13.5. The van der Waals surface area contributed by atoms with Gasteiger partial charge in [0, 0.05) is 40.2 Å². The molecule has 11 heteroatoms. The van der Waals surface area contributed by atoms with Gasteiger partial charge in [0.2, 0.25) is 5.82 Å². The minimum absolute atomic E-state index is 0.0319. The van der Waals surface area contributed by atoms with Gasteiger partial charge in [-0.25, -0.2) is 0 Å². The third-order valence-corrected chi connectivity index (χ3v) is 6.27. The molecule has 1 unspecified atom stereocenters. The molecule has 0 fully saturated rings. The molecule has 0 saturated heterocycles. The van der Waals surface area contributed by atoms with Gasteiger partial charge in [0.05, 0.1) is 12.0 Å². The highest BCUT2D eigenvalue weighted by Crippen LogP contribution is 2.37. The second kappa shape index (κ2) is 8.71. The second-order valence-electron chi connectivity index (χ2n) is 8.63. The van der Waals surface area contributed by atoms with Crippen molar-refractivity contribution in [3.8, 4) is 34.7 Å². The molecule has 0 aliphatic carbocycles. The lowest BCUT2D eigenvalue weighted by Gasteiger charge is -2.18. The Morgan fingerprint density at radius 2 is 2.06 bits per heavy atom. The Kier molecular flexibility index (Phi) is 5.67. The summed E-state index contributed by atoms with van der Waals surface area (Å²) in [6.07, 6.45) is -5.76. The number of carboxylic acid groups (broad SMARTS) is 1. The van der Waals surface area contributed by atoms with Crippen LogP contribution in [0.1, 0.15) is 36.9 Å². The van der Waals surface area contributed by atoms with E-state index in [4.69, 9.17) is 9.26 Å². The van der Waals surface area contributed by atoms with Crippen LogP contribution in [0.15, 0.2) is 47.0 Å². The fourth-order valence-electron chi connectivity index (χ4n) is 4.44. The van der Waals surface area contributed by atoms with E-state index in [1.54, 1.807) is 0 Å². The molecule has 0 bridgehead atoms. The van der Waals surface area contributed by atoms with Crippen molar-refractivity contribution >= 4 is 16.9 Å². The highest BCUT2D eigenvalue weighted by Gasteiger charge is 2.38. The normalized spacial score (nSPS) is 16.0. The molecule has 1 N–H and O–H groups in total. The van der Waals surface area contributed by atoms with E-state index in [0.29, 0.717) is 17.0 Å². The van der Waals surface area contributed by atoms with Crippen molar-refractivity contribution in [2.45, 2.75) is 44.5 Å². The van der Waals surface area contributed by atoms with Crippen LogP contribution in [0.4, 0.5) is 13.2 Å². The third-order valence-electron chi connectivity index (χ3n) is 6.27. The van der Waals surface area contributed by atoms with Gasteiger partial charge < -0.3 is 18.9 Å².